The third-order valence-electron chi connectivity index (χ3n) is 6.94. The first kappa shape index (κ1) is 30.8. The smallest absolute Gasteiger partial charge is 0.407 e. The number of piperazine rings is 1. The van der Waals surface area contributed by atoms with E-state index in [1.165, 1.54) is 12.1 Å². The molecule has 4 N–H and O–H groups in total. The van der Waals surface area contributed by atoms with Crippen molar-refractivity contribution < 1.29 is 23.5 Å². The molecule has 3 rings (SSSR count). The van der Waals surface area contributed by atoms with E-state index in [9.17, 15) is 18.8 Å². The summed E-state index contributed by atoms with van der Waals surface area (Å²) in [5.41, 5.74) is 1.82. The Labute approximate surface area is 235 Å². The van der Waals surface area contributed by atoms with Crippen LogP contribution in [0.4, 0.5) is 14.9 Å². The summed E-state index contributed by atoms with van der Waals surface area (Å²) in [6.45, 7) is 3.19. The zero-order valence-corrected chi connectivity index (χ0v) is 23.3. The van der Waals surface area contributed by atoms with Gasteiger partial charge in [-0.2, -0.15) is 0 Å². The summed E-state index contributed by atoms with van der Waals surface area (Å²) in [5, 5.41) is 11.8. The van der Waals surface area contributed by atoms with E-state index in [4.69, 9.17) is 4.74 Å². The highest BCUT2D eigenvalue weighted by Gasteiger charge is 2.32. The number of nitrogens with one attached hydrogen (secondary N) is 4. The largest absolute Gasteiger partial charge is 0.445 e. The number of amides is 3. The van der Waals surface area contributed by atoms with Crippen molar-refractivity contribution in [1.82, 2.24) is 26.2 Å². The average Bonchev–Trinajstić information content (AvgIpc) is 2.96. The highest BCUT2D eigenvalue weighted by Crippen LogP contribution is 2.16. The van der Waals surface area contributed by atoms with Gasteiger partial charge in [0.15, 0.2) is 0 Å². The summed E-state index contributed by atoms with van der Waals surface area (Å²) >= 11 is 0. The number of nitrogens with zero attached hydrogens (tertiary/aromatic N) is 2. The highest BCUT2D eigenvalue weighted by atomic mass is 19.1. The number of likely N-dealkylation sites (N-methyl/N-ethyl adjacent to an activating group) is 1. The lowest BCUT2D eigenvalue weighted by Gasteiger charge is -2.42. The minimum absolute atomic E-state index is 0.0392. The minimum atomic E-state index is -0.494. The predicted octanol–water partition coefficient (Wildman–Crippen LogP) is 1.86. The van der Waals surface area contributed by atoms with Crippen LogP contribution in [0.5, 0.6) is 0 Å². The second-order valence-corrected chi connectivity index (χ2v) is 9.89. The topological polar surface area (TPSA) is 115 Å². The van der Waals surface area contributed by atoms with Gasteiger partial charge in [0, 0.05) is 71.0 Å². The molecule has 218 valence electrons. The molecule has 40 heavy (non-hydrogen) atoms. The molecule has 1 aliphatic heterocycles. The Balaban J connectivity index is 1.43. The molecule has 0 unspecified atom stereocenters. The molecular weight excluding hydrogens is 515 g/mol. The molecule has 2 aromatic rings. The van der Waals surface area contributed by atoms with E-state index in [1.807, 2.05) is 47.2 Å². The molecule has 10 nitrogen and oxygen atoms in total. The first-order chi connectivity index (χ1) is 19.4. The third kappa shape index (κ3) is 10.5. The molecule has 1 fully saturated rings. The van der Waals surface area contributed by atoms with Gasteiger partial charge >= 0.3 is 6.09 Å². The van der Waals surface area contributed by atoms with Crippen LogP contribution in [0.2, 0.25) is 0 Å². The van der Waals surface area contributed by atoms with Gasteiger partial charge < -0.3 is 30.9 Å². The maximum Gasteiger partial charge on any atom is 0.407 e. The van der Waals surface area contributed by atoms with E-state index >= 15 is 0 Å². The van der Waals surface area contributed by atoms with Gasteiger partial charge in [-0.15, -0.1) is 0 Å². The zero-order valence-electron chi connectivity index (χ0n) is 23.3. The van der Waals surface area contributed by atoms with Gasteiger partial charge in [0.25, 0.3) is 0 Å². The monoisotopic (exact) mass is 556 g/mol. The fourth-order valence-electron chi connectivity index (χ4n) is 4.68. The number of rotatable bonds is 14. The Morgan fingerprint density at radius 1 is 1.00 bits per heavy atom. The highest BCUT2D eigenvalue weighted by molar-refractivity contribution is 5.78. The minimum Gasteiger partial charge on any atom is -0.445 e. The Hall–Kier alpha value is -3.70. The number of carbonyl (C=O) groups excluding carboxylic acids is 3. The molecular formula is C29H41FN6O4. The van der Waals surface area contributed by atoms with Crippen molar-refractivity contribution in [2.75, 3.05) is 58.3 Å². The molecule has 0 bridgehead atoms. The first-order valence-corrected chi connectivity index (χ1v) is 13.7. The number of carbonyl (C=O) groups is 3. The molecule has 0 spiro atoms. The molecule has 1 heterocycles. The molecule has 3 amide bonds. The van der Waals surface area contributed by atoms with Crippen LogP contribution in [0.15, 0.2) is 54.6 Å². The lowest BCUT2D eigenvalue weighted by Crippen LogP contribution is -2.60. The van der Waals surface area contributed by atoms with Crippen LogP contribution in [-0.4, -0.2) is 88.3 Å². The van der Waals surface area contributed by atoms with Crippen LogP contribution in [0.25, 0.3) is 0 Å². The molecule has 2 atom stereocenters. The summed E-state index contributed by atoms with van der Waals surface area (Å²) in [5.74, 6) is -0.482. The van der Waals surface area contributed by atoms with Gasteiger partial charge in [0.05, 0.1) is 6.54 Å². The van der Waals surface area contributed by atoms with Gasteiger partial charge in [-0.05, 0) is 42.7 Å². The van der Waals surface area contributed by atoms with Crippen molar-refractivity contribution in [3.63, 3.8) is 0 Å². The SMILES string of the molecule is CNC(=O)CN1[C@H](CCNC(=O)OCc2ccccc2)CNC[C@H]1CC(=O)NCCCN(C)c1ccc(F)cc1. The van der Waals surface area contributed by atoms with Crippen molar-refractivity contribution in [2.45, 2.75) is 38.0 Å². The molecule has 0 radical (unpaired) electrons. The van der Waals surface area contributed by atoms with Crippen molar-refractivity contribution in [3.05, 3.63) is 66.0 Å². The lowest BCUT2D eigenvalue weighted by molar-refractivity contribution is -0.127. The maximum absolute atomic E-state index is 13.1. The second-order valence-electron chi connectivity index (χ2n) is 9.89. The number of halogens is 1. The van der Waals surface area contributed by atoms with E-state index in [-0.39, 0.29) is 49.3 Å². The van der Waals surface area contributed by atoms with Crippen molar-refractivity contribution in [3.8, 4) is 0 Å². The standard InChI is InChI=1S/C29H41FN6O4/c1-31-28(38)20-36-25(13-15-34-29(39)40-21-22-7-4-3-5-8-22)18-32-19-26(36)17-27(37)33-14-6-16-35(2)24-11-9-23(30)10-12-24/h3-5,7-12,25-26,32H,6,13-21H2,1-2H3,(H,31,38)(H,33,37)(H,34,39)/t25-,26-/m1/s1. The Morgan fingerprint density at radius 2 is 1.73 bits per heavy atom. The molecule has 1 saturated heterocycles. The predicted molar refractivity (Wildman–Crippen MR) is 152 cm³/mol. The number of ether oxygens (including phenoxy) is 1. The summed E-state index contributed by atoms with van der Waals surface area (Å²) in [6.07, 6.45) is 1.09. The Morgan fingerprint density at radius 3 is 2.45 bits per heavy atom. The third-order valence-corrected chi connectivity index (χ3v) is 6.94. The molecule has 1 aliphatic rings. The molecule has 0 saturated carbocycles. The van der Waals surface area contributed by atoms with Crippen LogP contribution in [-0.2, 0) is 20.9 Å². The Bertz CT molecular complexity index is 1070. The summed E-state index contributed by atoms with van der Waals surface area (Å²) in [4.78, 5) is 41.2. The number of anilines is 1. The van der Waals surface area contributed by atoms with E-state index in [2.05, 4.69) is 21.3 Å². The van der Waals surface area contributed by atoms with E-state index < -0.39 is 6.09 Å². The number of hydrogen-bond acceptors (Lipinski definition) is 7. The quantitative estimate of drug-likeness (QED) is 0.263. The van der Waals surface area contributed by atoms with Crippen LogP contribution in [0.3, 0.4) is 0 Å². The van der Waals surface area contributed by atoms with Gasteiger partial charge in [-0.3, -0.25) is 14.5 Å². The zero-order chi connectivity index (χ0) is 28.7. The van der Waals surface area contributed by atoms with E-state index in [0.29, 0.717) is 39.1 Å². The van der Waals surface area contributed by atoms with Gasteiger partial charge in [-0.1, -0.05) is 30.3 Å². The molecule has 2 aromatic carbocycles. The van der Waals surface area contributed by atoms with Gasteiger partial charge in [0.2, 0.25) is 11.8 Å². The van der Waals surface area contributed by atoms with Crippen LogP contribution >= 0.6 is 0 Å². The molecule has 11 heteroatoms. The normalized spacial score (nSPS) is 17.1. The summed E-state index contributed by atoms with van der Waals surface area (Å²) in [6, 6.07) is 15.6. The lowest BCUT2D eigenvalue weighted by atomic mass is 10.0. The van der Waals surface area contributed by atoms with Crippen LogP contribution in [0, 0.1) is 5.82 Å². The van der Waals surface area contributed by atoms with E-state index in [1.54, 1.807) is 19.2 Å². The summed E-state index contributed by atoms with van der Waals surface area (Å²) < 4.78 is 18.4. The fourth-order valence-corrected chi connectivity index (χ4v) is 4.68. The Kier molecular flexibility index (Phi) is 12.7. The number of alkyl carbamates (subject to hydrolysis) is 1. The number of benzene rings is 2. The van der Waals surface area contributed by atoms with Crippen molar-refractivity contribution >= 4 is 23.6 Å². The molecule has 0 aromatic heterocycles. The summed E-state index contributed by atoms with van der Waals surface area (Å²) in [7, 11) is 3.52. The maximum atomic E-state index is 13.1. The molecule has 0 aliphatic carbocycles. The van der Waals surface area contributed by atoms with E-state index in [0.717, 1.165) is 17.7 Å². The average molecular weight is 557 g/mol. The second kappa shape index (κ2) is 16.4. The van der Waals surface area contributed by atoms with Crippen LogP contribution < -0.4 is 26.2 Å². The van der Waals surface area contributed by atoms with Crippen molar-refractivity contribution in [2.24, 2.45) is 0 Å². The van der Waals surface area contributed by atoms with Gasteiger partial charge in [0.1, 0.15) is 12.4 Å². The number of hydrogen-bond donors (Lipinski definition) is 4. The van der Waals surface area contributed by atoms with Crippen LogP contribution in [0.1, 0.15) is 24.8 Å². The van der Waals surface area contributed by atoms with Gasteiger partial charge in [-0.25, -0.2) is 9.18 Å². The van der Waals surface area contributed by atoms with Crippen molar-refractivity contribution in [1.29, 1.82) is 0 Å². The first-order valence-electron chi connectivity index (χ1n) is 13.7. The fraction of sp³-hybridized carbons (Fsp3) is 0.483.